The van der Waals surface area contributed by atoms with Gasteiger partial charge in [0.25, 0.3) is 0 Å². The van der Waals surface area contributed by atoms with E-state index < -0.39 is 0 Å². The van der Waals surface area contributed by atoms with Crippen LogP contribution in [0.15, 0.2) is 10.7 Å². The number of likely N-dealkylation sites (N-methyl/N-ethyl adjacent to an activating group) is 1. The summed E-state index contributed by atoms with van der Waals surface area (Å²) in [5, 5.41) is 0.257. The summed E-state index contributed by atoms with van der Waals surface area (Å²) < 4.78 is 6.17. The molecule has 0 bridgehead atoms. The maximum absolute atomic E-state index is 5.78. The summed E-state index contributed by atoms with van der Waals surface area (Å²) in [7, 11) is 0. The molecule has 0 amide bonds. The van der Waals surface area contributed by atoms with E-state index in [4.69, 9.17) is 16.3 Å². The third-order valence-electron chi connectivity index (χ3n) is 2.09. The molecular weight excluding hydrogens is 293 g/mol. The summed E-state index contributed by atoms with van der Waals surface area (Å²) in [6.07, 6.45) is 1.66. The van der Waals surface area contributed by atoms with Gasteiger partial charge in [-0.15, -0.1) is 0 Å². The Bertz CT molecular complexity index is 338. The van der Waals surface area contributed by atoms with Gasteiger partial charge >= 0.3 is 0 Å². The number of ether oxygens (including phenoxy) is 1. The minimum absolute atomic E-state index is 0.257. The molecule has 0 aliphatic carbocycles. The number of halogens is 2. The largest absolute Gasteiger partial charge is 0.380 e. The standard InChI is InChI=1S/C10H15BrClN3O/c1-3-15(5-6-16-4-2)9-8(11)7-13-10(12)14-9/h7H,3-6H2,1-2H3. The van der Waals surface area contributed by atoms with E-state index in [0.717, 1.165) is 30.0 Å². The van der Waals surface area contributed by atoms with Crippen LogP contribution in [0.25, 0.3) is 0 Å². The Morgan fingerprint density at radius 2 is 2.25 bits per heavy atom. The highest BCUT2D eigenvalue weighted by molar-refractivity contribution is 9.10. The second-order valence-electron chi connectivity index (χ2n) is 3.09. The highest BCUT2D eigenvalue weighted by Gasteiger charge is 2.11. The van der Waals surface area contributed by atoms with Crippen LogP contribution >= 0.6 is 27.5 Å². The first-order chi connectivity index (χ1) is 7.69. The predicted octanol–water partition coefficient (Wildman–Crippen LogP) is 2.76. The number of anilines is 1. The summed E-state index contributed by atoms with van der Waals surface area (Å²) in [6, 6.07) is 0. The molecular formula is C10H15BrClN3O. The van der Waals surface area contributed by atoms with Crippen molar-refractivity contribution < 1.29 is 4.74 Å². The van der Waals surface area contributed by atoms with Crippen LogP contribution in [-0.4, -0.2) is 36.3 Å². The normalized spacial score (nSPS) is 10.5. The first-order valence-corrected chi connectivity index (χ1v) is 6.36. The van der Waals surface area contributed by atoms with E-state index in [1.54, 1.807) is 6.20 Å². The summed E-state index contributed by atoms with van der Waals surface area (Å²) in [5.74, 6) is 0.808. The highest BCUT2D eigenvalue weighted by atomic mass is 79.9. The van der Waals surface area contributed by atoms with Gasteiger partial charge in [-0.25, -0.2) is 4.98 Å². The van der Waals surface area contributed by atoms with Gasteiger partial charge in [0.2, 0.25) is 5.28 Å². The fourth-order valence-electron chi connectivity index (χ4n) is 1.29. The summed E-state index contributed by atoms with van der Waals surface area (Å²) >= 11 is 9.19. The van der Waals surface area contributed by atoms with Crippen molar-refractivity contribution in [2.45, 2.75) is 13.8 Å². The Kier molecular flexibility index (Phi) is 6.01. The smallest absolute Gasteiger partial charge is 0.224 e. The lowest BCUT2D eigenvalue weighted by molar-refractivity contribution is 0.154. The molecule has 0 spiro atoms. The molecule has 0 aliphatic rings. The summed E-state index contributed by atoms with van der Waals surface area (Å²) in [4.78, 5) is 10.2. The van der Waals surface area contributed by atoms with Crippen molar-refractivity contribution in [3.8, 4) is 0 Å². The van der Waals surface area contributed by atoms with E-state index in [2.05, 4.69) is 37.7 Å². The number of rotatable bonds is 6. The zero-order chi connectivity index (χ0) is 12.0. The van der Waals surface area contributed by atoms with Crippen molar-refractivity contribution in [2.24, 2.45) is 0 Å². The molecule has 0 saturated carbocycles. The molecule has 0 unspecified atom stereocenters. The van der Waals surface area contributed by atoms with Crippen LogP contribution in [0.5, 0.6) is 0 Å². The highest BCUT2D eigenvalue weighted by Crippen LogP contribution is 2.23. The second-order valence-corrected chi connectivity index (χ2v) is 4.28. The number of hydrogen-bond donors (Lipinski definition) is 0. The summed E-state index contributed by atoms with van der Waals surface area (Å²) in [6.45, 7) is 7.08. The van der Waals surface area contributed by atoms with E-state index >= 15 is 0 Å². The Morgan fingerprint density at radius 3 is 2.88 bits per heavy atom. The Balaban J connectivity index is 2.73. The molecule has 90 valence electrons. The maximum Gasteiger partial charge on any atom is 0.224 e. The summed E-state index contributed by atoms with van der Waals surface area (Å²) in [5.41, 5.74) is 0. The molecule has 0 radical (unpaired) electrons. The average Bonchev–Trinajstić information content (AvgIpc) is 2.28. The van der Waals surface area contributed by atoms with Gasteiger partial charge < -0.3 is 9.64 Å². The third kappa shape index (κ3) is 3.88. The third-order valence-corrected chi connectivity index (χ3v) is 2.83. The second kappa shape index (κ2) is 7.04. The lowest BCUT2D eigenvalue weighted by atomic mass is 10.4. The fourth-order valence-corrected chi connectivity index (χ4v) is 1.86. The van der Waals surface area contributed by atoms with E-state index in [1.165, 1.54) is 0 Å². The minimum Gasteiger partial charge on any atom is -0.380 e. The van der Waals surface area contributed by atoms with Gasteiger partial charge in [-0.05, 0) is 41.4 Å². The molecule has 1 rings (SSSR count). The molecule has 0 fully saturated rings. The quantitative estimate of drug-likeness (QED) is 0.598. The van der Waals surface area contributed by atoms with Gasteiger partial charge in [0.1, 0.15) is 5.82 Å². The van der Waals surface area contributed by atoms with Crippen molar-refractivity contribution in [1.82, 2.24) is 9.97 Å². The lowest BCUT2D eigenvalue weighted by Crippen LogP contribution is -2.28. The van der Waals surface area contributed by atoms with E-state index in [1.807, 2.05) is 6.92 Å². The van der Waals surface area contributed by atoms with Crippen molar-refractivity contribution in [3.05, 3.63) is 16.0 Å². The fraction of sp³-hybridized carbons (Fsp3) is 0.600. The topological polar surface area (TPSA) is 38.2 Å². The Morgan fingerprint density at radius 1 is 1.50 bits per heavy atom. The Hall–Kier alpha value is -0.390. The zero-order valence-corrected chi connectivity index (χ0v) is 11.8. The molecule has 0 N–H and O–H groups in total. The monoisotopic (exact) mass is 307 g/mol. The molecule has 1 heterocycles. The van der Waals surface area contributed by atoms with Crippen LogP contribution in [0.2, 0.25) is 5.28 Å². The molecule has 1 aromatic rings. The van der Waals surface area contributed by atoms with Crippen LogP contribution in [0, 0.1) is 0 Å². The van der Waals surface area contributed by atoms with Gasteiger partial charge in [-0.3, -0.25) is 0 Å². The lowest BCUT2D eigenvalue weighted by Gasteiger charge is -2.22. The van der Waals surface area contributed by atoms with Crippen LogP contribution in [0.3, 0.4) is 0 Å². The van der Waals surface area contributed by atoms with E-state index in [0.29, 0.717) is 6.61 Å². The average molecular weight is 309 g/mol. The Labute approximate surface area is 109 Å². The number of aromatic nitrogens is 2. The molecule has 0 aromatic carbocycles. The zero-order valence-electron chi connectivity index (χ0n) is 9.41. The molecule has 1 aromatic heterocycles. The molecule has 6 heteroatoms. The van der Waals surface area contributed by atoms with Crippen LogP contribution in [0.1, 0.15) is 13.8 Å². The SMILES string of the molecule is CCOCCN(CC)c1nc(Cl)ncc1Br. The first-order valence-electron chi connectivity index (χ1n) is 5.19. The van der Waals surface area contributed by atoms with Crippen molar-refractivity contribution in [1.29, 1.82) is 0 Å². The van der Waals surface area contributed by atoms with E-state index in [9.17, 15) is 0 Å². The van der Waals surface area contributed by atoms with Crippen molar-refractivity contribution >= 4 is 33.3 Å². The van der Waals surface area contributed by atoms with Gasteiger partial charge in [0, 0.05) is 25.9 Å². The predicted molar refractivity (Wildman–Crippen MR) is 69.1 cm³/mol. The molecule has 0 aliphatic heterocycles. The van der Waals surface area contributed by atoms with Gasteiger partial charge in [0.05, 0.1) is 11.1 Å². The number of nitrogens with zero attached hydrogens (tertiary/aromatic N) is 3. The molecule has 16 heavy (non-hydrogen) atoms. The van der Waals surface area contributed by atoms with E-state index in [-0.39, 0.29) is 5.28 Å². The van der Waals surface area contributed by atoms with Gasteiger partial charge in [0.15, 0.2) is 0 Å². The molecule has 0 atom stereocenters. The van der Waals surface area contributed by atoms with Gasteiger partial charge in [-0.1, -0.05) is 0 Å². The van der Waals surface area contributed by atoms with Crippen molar-refractivity contribution in [2.75, 3.05) is 31.2 Å². The molecule has 0 saturated heterocycles. The van der Waals surface area contributed by atoms with Crippen LogP contribution in [-0.2, 0) is 4.74 Å². The minimum atomic E-state index is 0.257. The van der Waals surface area contributed by atoms with Crippen LogP contribution in [0.4, 0.5) is 5.82 Å². The van der Waals surface area contributed by atoms with Crippen molar-refractivity contribution in [3.63, 3.8) is 0 Å². The van der Waals surface area contributed by atoms with Crippen LogP contribution < -0.4 is 4.90 Å². The first kappa shape index (κ1) is 13.7. The molecule has 4 nitrogen and oxygen atoms in total. The van der Waals surface area contributed by atoms with Gasteiger partial charge in [-0.2, -0.15) is 4.98 Å². The maximum atomic E-state index is 5.78. The number of hydrogen-bond acceptors (Lipinski definition) is 4.